The van der Waals surface area contributed by atoms with Gasteiger partial charge in [0.2, 0.25) is 5.95 Å². The van der Waals surface area contributed by atoms with Crippen LogP contribution in [0.4, 0.5) is 10.1 Å². The van der Waals surface area contributed by atoms with Crippen LogP contribution in [0, 0.1) is 5.95 Å². The standard InChI is InChI=1S/C15H22FN3OSi/c1-21(2,3)9-8-20-11-19-15(16)14(10-18-19)12-4-6-13(17)7-5-12/h4-7,10H,8-9,11,17H2,1-3H3. The third-order valence-electron chi connectivity index (χ3n) is 3.21. The van der Waals surface area contributed by atoms with E-state index in [-0.39, 0.29) is 12.7 Å². The van der Waals surface area contributed by atoms with Crippen LogP contribution in [-0.4, -0.2) is 24.5 Å². The molecule has 0 amide bonds. The number of aromatic nitrogens is 2. The fourth-order valence-corrected chi connectivity index (χ4v) is 2.60. The van der Waals surface area contributed by atoms with E-state index in [0.29, 0.717) is 17.9 Å². The minimum atomic E-state index is -1.12. The molecule has 0 atom stereocenters. The zero-order valence-corrected chi connectivity index (χ0v) is 13.8. The lowest BCUT2D eigenvalue weighted by atomic mass is 10.1. The third-order valence-corrected chi connectivity index (χ3v) is 4.91. The van der Waals surface area contributed by atoms with Gasteiger partial charge in [-0.05, 0) is 23.7 Å². The van der Waals surface area contributed by atoms with E-state index < -0.39 is 8.07 Å². The third kappa shape index (κ3) is 4.40. The molecule has 0 aliphatic carbocycles. The van der Waals surface area contributed by atoms with Gasteiger partial charge in [-0.25, -0.2) is 4.68 Å². The monoisotopic (exact) mass is 307 g/mol. The molecular formula is C15H22FN3OSi. The van der Waals surface area contributed by atoms with Crippen LogP contribution in [0.5, 0.6) is 0 Å². The minimum Gasteiger partial charge on any atom is -0.399 e. The Hall–Kier alpha value is -1.66. The molecule has 0 aliphatic heterocycles. The minimum absolute atomic E-state index is 0.144. The first-order valence-corrected chi connectivity index (χ1v) is 10.7. The summed E-state index contributed by atoms with van der Waals surface area (Å²) in [6, 6.07) is 8.12. The van der Waals surface area contributed by atoms with Gasteiger partial charge in [-0.3, -0.25) is 0 Å². The highest BCUT2D eigenvalue weighted by atomic mass is 28.3. The topological polar surface area (TPSA) is 53.1 Å². The number of rotatable bonds is 6. The molecule has 0 fully saturated rings. The molecular weight excluding hydrogens is 285 g/mol. The Morgan fingerprint density at radius 1 is 1.24 bits per heavy atom. The summed E-state index contributed by atoms with van der Waals surface area (Å²) >= 11 is 0. The largest absolute Gasteiger partial charge is 0.399 e. The van der Waals surface area contributed by atoms with Crippen molar-refractivity contribution < 1.29 is 9.13 Å². The van der Waals surface area contributed by atoms with Gasteiger partial charge in [-0.1, -0.05) is 31.8 Å². The van der Waals surface area contributed by atoms with Crippen molar-refractivity contribution in [2.45, 2.75) is 32.4 Å². The number of nitrogen functional groups attached to an aromatic ring is 1. The van der Waals surface area contributed by atoms with Crippen molar-refractivity contribution in [2.75, 3.05) is 12.3 Å². The number of ether oxygens (including phenoxy) is 1. The predicted molar refractivity (Wildman–Crippen MR) is 86.1 cm³/mol. The molecule has 6 heteroatoms. The van der Waals surface area contributed by atoms with Gasteiger partial charge in [0.25, 0.3) is 0 Å². The van der Waals surface area contributed by atoms with Gasteiger partial charge < -0.3 is 10.5 Å². The van der Waals surface area contributed by atoms with Crippen molar-refractivity contribution >= 4 is 13.8 Å². The van der Waals surface area contributed by atoms with E-state index in [4.69, 9.17) is 10.5 Å². The summed E-state index contributed by atoms with van der Waals surface area (Å²) in [6.07, 6.45) is 1.52. The second-order valence-electron chi connectivity index (χ2n) is 6.32. The van der Waals surface area contributed by atoms with Crippen LogP contribution in [0.2, 0.25) is 25.7 Å². The molecule has 0 radical (unpaired) electrons. The maximum Gasteiger partial charge on any atom is 0.221 e. The van der Waals surface area contributed by atoms with Gasteiger partial charge >= 0.3 is 0 Å². The summed E-state index contributed by atoms with van der Waals surface area (Å²) in [5, 5.41) is 4.05. The summed E-state index contributed by atoms with van der Waals surface area (Å²) in [5.74, 6) is -0.382. The first kappa shape index (κ1) is 15.7. The van der Waals surface area contributed by atoms with Crippen molar-refractivity contribution in [3.63, 3.8) is 0 Å². The highest BCUT2D eigenvalue weighted by Crippen LogP contribution is 2.23. The molecule has 2 aromatic rings. The number of halogens is 1. The summed E-state index contributed by atoms with van der Waals surface area (Å²) in [5.41, 5.74) is 7.51. The molecule has 2 rings (SSSR count). The first-order valence-electron chi connectivity index (χ1n) is 7.02. The maximum atomic E-state index is 14.3. The first-order chi connectivity index (χ1) is 9.87. The molecule has 2 N–H and O–H groups in total. The highest BCUT2D eigenvalue weighted by Gasteiger charge is 2.14. The van der Waals surface area contributed by atoms with Gasteiger partial charge in [0.1, 0.15) is 6.73 Å². The molecule has 4 nitrogen and oxygen atoms in total. The van der Waals surface area contributed by atoms with Gasteiger partial charge in [0, 0.05) is 20.4 Å². The number of nitrogens with two attached hydrogens (primary N) is 1. The van der Waals surface area contributed by atoms with Crippen molar-refractivity contribution in [1.82, 2.24) is 9.78 Å². The van der Waals surface area contributed by atoms with E-state index in [1.807, 2.05) is 0 Å². The van der Waals surface area contributed by atoms with Crippen LogP contribution >= 0.6 is 0 Å². The van der Waals surface area contributed by atoms with Gasteiger partial charge in [0.05, 0.1) is 11.8 Å². The normalized spacial score (nSPS) is 11.8. The Morgan fingerprint density at radius 2 is 1.90 bits per heavy atom. The number of hydrogen-bond acceptors (Lipinski definition) is 3. The highest BCUT2D eigenvalue weighted by molar-refractivity contribution is 6.76. The van der Waals surface area contributed by atoms with E-state index in [2.05, 4.69) is 24.7 Å². The van der Waals surface area contributed by atoms with Crippen LogP contribution in [-0.2, 0) is 11.5 Å². The Labute approximate surface area is 125 Å². The van der Waals surface area contributed by atoms with Crippen LogP contribution in [0.15, 0.2) is 30.5 Å². The molecule has 1 heterocycles. The Kier molecular flexibility index (Phi) is 4.79. The second kappa shape index (κ2) is 6.40. The molecule has 0 spiro atoms. The number of benzene rings is 1. The number of anilines is 1. The maximum absolute atomic E-state index is 14.3. The summed E-state index contributed by atoms with van der Waals surface area (Å²) in [7, 11) is -1.12. The molecule has 0 aliphatic rings. The van der Waals surface area contributed by atoms with E-state index in [1.165, 1.54) is 10.9 Å². The van der Waals surface area contributed by atoms with Crippen LogP contribution in [0.25, 0.3) is 11.1 Å². The quantitative estimate of drug-likeness (QED) is 0.504. The van der Waals surface area contributed by atoms with Crippen molar-refractivity contribution in [1.29, 1.82) is 0 Å². The fraction of sp³-hybridized carbons (Fsp3) is 0.400. The molecule has 0 bridgehead atoms. The molecule has 0 saturated carbocycles. The molecule has 1 aromatic heterocycles. The lowest BCUT2D eigenvalue weighted by Crippen LogP contribution is -2.22. The summed E-state index contributed by atoms with van der Waals surface area (Å²) in [6.45, 7) is 7.63. The molecule has 0 saturated heterocycles. The van der Waals surface area contributed by atoms with Gasteiger partial charge in [0.15, 0.2) is 0 Å². The lowest BCUT2D eigenvalue weighted by Gasteiger charge is -2.15. The Balaban J connectivity index is 1.99. The van der Waals surface area contributed by atoms with Crippen molar-refractivity contribution in [3.8, 4) is 11.1 Å². The SMILES string of the molecule is C[Si](C)(C)CCOCn1ncc(-c2ccc(N)cc2)c1F. The molecule has 21 heavy (non-hydrogen) atoms. The zero-order chi connectivity index (χ0) is 15.5. The van der Waals surface area contributed by atoms with Crippen molar-refractivity contribution in [2.24, 2.45) is 0 Å². The van der Waals surface area contributed by atoms with Crippen LogP contribution in [0.1, 0.15) is 0 Å². The Bertz CT molecular complexity index is 590. The van der Waals surface area contributed by atoms with Crippen LogP contribution < -0.4 is 5.73 Å². The fourth-order valence-electron chi connectivity index (χ4n) is 1.85. The second-order valence-corrected chi connectivity index (χ2v) is 11.9. The molecule has 114 valence electrons. The van der Waals surface area contributed by atoms with E-state index in [9.17, 15) is 4.39 Å². The predicted octanol–water partition coefficient (Wildman–Crippen LogP) is 3.58. The smallest absolute Gasteiger partial charge is 0.221 e. The summed E-state index contributed by atoms with van der Waals surface area (Å²) < 4.78 is 21.0. The average Bonchev–Trinajstić information content (AvgIpc) is 2.76. The van der Waals surface area contributed by atoms with Crippen molar-refractivity contribution in [3.05, 3.63) is 36.4 Å². The Morgan fingerprint density at radius 3 is 2.52 bits per heavy atom. The molecule has 1 aromatic carbocycles. The number of nitrogens with zero attached hydrogens (tertiary/aromatic N) is 2. The van der Waals surface area contributed by atoms with Gasteiger partial charge in [-0.15, -0.1) is 0 Å². The molecule has 0 unspecified atom stereocenters. The van der Waals surface area contributed by atoms with Crippen LogP contribution in [0.3, 0.4) is 0 Å². The van der Waals surface area contributed by atoms with E-state index in [1.54, 1.807) is 24.3 Å². The van der Waals surface area contributed by atoms with Gasteiger partial charge in [-0.2, -0.15) is 9.49 Å². The average molecular weight is 307 g/mol. The van der Waals surface area contributed by atoms with E-state index in [0.717, 1.165) is 11.6 Å². The zero-order valence-electron chi connectivity index (χ0n) is 12.8. The summed E-state index contributed by atoms with van der Waals surface area (Å²) in [4.78, 5) is 0. The van der Waals surface area contributed by atoms with E-state index >= 15 is 0 Å². The lowest BCUT2D eigenvalue weighted by molar-refractivity contribution is 0.0700. The number of hydrogen-bond donors (Lipinski definition) is 1.